The van der Waals surface area contributed by atoms with Crippen molar-refractivity contribution in [3.63, 3.8) is 0 Å². The molecule has 0 saturated carbocycles. The third-order valence-electron chi connectivity index (χ3n) is 6.79. The van der Waals surface area contributed by atoms with Gasteiger partial charge >= 0.3 is 0 Å². The molecule has 0 saturated heterocycles. The maximum absolute atomic E-state index is 8.78. The molecule has 0 aliphatic carbocycles. The van der Waals surface area contributed by atoms with E-state index in [-0.39, 0.29) is 5.82 Å². The number of nitrogens with zero attached hydrogens (tertiary/aromatic N) is 12. The highest BCUT2D eigenvalue weighted by molar-refractivity contribution is 5.86. The number of fused-ring (bicyclic) bond motifs is 1. The van der Waals surface area contributed by atoms with Gasteiger partial charge in [-0.05, 0) is 35.4 Å². The maximum atomic E-state index is 8.78. The number of nitrogen functional groups attached to an aromatic ring is 2. The van der Waals surface area contributed by atoms with Gasteiger partial charge in [0, 0.05) is 37.2 Å². The van der Waals surface area contributed by atoms with E-state index < -0.39 is 0 Å². The number of nitrogens with two attached hydrogens (primary N) is 2. The van der Waals surface area contributed by atoms with Crippen LogP contribution in [-0.4, -0.2) is 63.7 Å². The smallest absolute Gasteiger partial charge is 0.187 e. The molecule has 0 aliphatic rings. The van der Waals surface area contributed by atoms with Crippen LogP contribution in [0.5, 0.6) is 11.5 Å². The largest absolute Gasteiger partial charge is 0.497 e. The van der Waals surface area contributed by atoms with Crippen LogP contribution >= 0.6 is 0 Å². The second kappa shape index (κ2) is 16.4. The average molecular weight is 667 g/mol. The lowest BCUT2D eigenvalue weighted by Gasteiger charge is -2.04. The van der Waals surface area contributed by atoms with E-state index in [4.69, 9.17) is 31.5 Å². The predicted octanol–water partition coefficient (Wildman–Crippen LogP) is 3.66. The van der Waals surface area contributed by atoms with E-state index in [1.807, 2.05) is 66.9 Å². The normalized spacial score (nSPS) is 10.1. The van der Waals surface area contributed by atoms with Gasteiger partial charge in [0.1, 0.15) is 40.7 Å². The highest BCUT2D eigenvalue weighted by Gasteiger charge is 2.12. The number of hydrogen-bond donors (Lipinski definition) is 2. The quantitative estimate of drug-likeness (QED) is 0.247. The molecule has 0 fully saturated rings. The zero-order valence-corrected chi connectivity index (χ0v) is 27.0. The van der Waals surface area contributed by atoms with E-state index in [1.54, 1.807) is 48.4 Å². The number of ether oxygens (including phenoxy) is 2. The minimum Gasteiger partial charge on any atom is -0.497 e. The van der Waals surface area contributed by atoms with Gasteiger partial charge in [-0.3, -0.25) is 19.3 Å². The Kier molecular flexibility index (Phi) is 11.1. The van der Waals surface area contributed by atoms with Crippen LogP contribution in [0.4, 0.5) is 11.6 Å². The molecule has 0 bridgehead atoms. The third kappa shape index (κ3) is 8.87. The van der Waals surface area contributed by atoms with Gasteiger partial charge < -0.3 is 20.9 Å². The van der Waals surface area contributed by atoms with Crippen molar-refractivity contribution in [3.8, 4) is 35.2 Å². The first-order valence-corrected chi connectivity index (χ1v) is 14.8. The molecular formula is C34H30N14O2. The molecular weight excluding hydrogens is 636 g/mol. The Bertz CT molecular complexity index is 2260. The summed E-state index contributed by atoms with van der Waals surface area (Å²) in [6, 6.07) is 19.3. The average Bonchev–Trinajstić information content (AvgIpc) is 3.74. The molecule has 50 heavy (non-hydrogen) atoms. The van der Waals surface area contributed by atoms with E-state index in [1.165, 1.54) is 18.6 Å². The van der Waals surface area contributed by atoms with Crippen LogP contribution in [0.3, 0.4) is 0 Å². The Morgan fingerprint density at radius 3 is 1.88 bits per heavy atom. The van der Waals surface area contributed by atoms with Crippen molar-refractivity contribution in [2.75, 3.05) is 25.7 Å². The van der Waals surface area contributed by atoms with Crippen LogP contribution in [0.1, 0.15) is 22.4 Å². The lowest BCUT2D eigenvalue weighted by atomic mass is 10.2. The molecule has 5 heterocycles. The van der Waals surface area contributed by atoms with E-state index in [2.05, 4.69) is 40.1 Å². The van der Waals surface area contributed by atoms with Crippen molar-refractivity contribution in [3.05, 3.63) is 120 Å². The van der Waals surface area contributed by atoms with Crippen LogP contribution in [0.15, 0.2) is 98.1 Å². The zero-order chi connectivity index (χ0) is 35.3. The Balaban J connectivity index is 0.000000167. The van der Waals surface area contributed by atoms with Crippen LogP contribution in [-0.2, 0) is 13.1 Å². The molecule has 16 nitrogen and oxygen atoms in total. The van der Waals surface area contributed by atoms with Crippen molar-refractivity contribution >= 4 is 22.7 Å². The van der Waals surface area contributed by atoms with Crippen LogP contribution in [0.25, 0.3) is 22.6 Å². The number of benzene rings is 2. The molecule has 2 aromatic carbocycles. The van der Waals surface area contributed by atoms with Crippen LogP contribution < -0.4 is 20.9 Å². The standard InChI is InChI=1S/C17H15N7O.C12H12N4O.C5H3N3/c1-25-12-4-2-3-11(7-12)9-24-10-13-15(18)21-17(22-16(13)23-24)14-8-19-5-6-20-14;1-17-11-4-2-3-9(5-11)7-16-8-10(6-13)12(14)15-16;6-3-5-4-7-1-2-8-5/h2-8,10H,9H2,1H3,(H2,18,21,22,23);2-5,8H,7H2,1H3,(H2,14,15);1-2,4H. The minimum atomic E-state index is 0.260. The van der Waals surface area contributed by atoms with Gasteiger partial charge in [-0.1, -0.05) is 24.3 Å². The summed E-state index contributed by atoms with van der Waals surface area (Å²) in [6.07, 6.45) is 12.7. The van der Waals surface area contributed by atoms with Crippen molar-refractivity contribution in [1.82, 2.24) is 49.5 Å². The minimum absolute atomic E-state index is 0.260. The maximum Gasteiger partial charge on any atom is 0.187 e. The van der Waals surface area contributed by atoms with E-state index >= 15 is 0 Å². The lowest BCUT2D eigenvalue weighted by Crippen LogP contribution is -2.01. The Labute approximate surface area is 286 Å². The SMILES string of the molecule is COc1cccc(Cn2cc(C#N)c(N)n2)c1.COc1cccc(Cn2cc3c(N)nc(-c4cnccn4)nc3n2)c1.N#Cc1cnccn1. The monoisotopic (exact) mass is 666 g/mol. The molecule has 0 amide bonds. The summed E-state index contributed by atoms with van der Waals surface area (Å²) >= 11 is 0. The van der Waals surface area contributed by atoms with Gasteiger partial charge in [-0.15, -0.1) is 0 Å². The number of aromatic nitrogens is 10. The van der Waals surface area contributed by atoms with E-state index in [0.717, 1.165) is 22.6 Å². The first kappa shape index (κ1) is 33.9. The van der Waals surface area contributed by atoms with Crippen molar-refractivity contribution in [2.24, 2.45) is 0 Å². The summed E-state index contributed by atoms with van der Waals surface area (Å²) in [4.78, 5) is 24.3. The summed E-state index contributed by atoms with van der Waals surface area (Å²) in [6.45, 7) is 1.14. The number of anilines is 2. The number of methoxy groups -OCH3 is 2. The summed E-state index contributed by atoms with van der Waals surface area (Å²) in [5.74, 6) is 2.63. The number of hydrogen-bond acceptors (Lipinski definition) is 14. The molecule has 7 rings (SSSR count). The molecule has 0 spiro atoms. The highest BCUT2D eigenvalue weighted by atomic mass is 16.5. The summed E-state index contributed by atoms with van der Waals surface area (Å²) in [5.41, 5.74) is 15.6. The molecule has 4 N–H and O–H groups in total. The molecule has 16 heteroatoms. The Morgan fingerprint density at radius 1 is 0.720 bits per heavy atom. The topological polar surface area (TPSA) is 231 Å². The third-order valence-corrected chi connectivity index (χ3v) is 6.79. The number of rotatable bonds is 7. The molecule has 0 radical (unpaired) electrons. The molecule has 0 aliphatic heterocycles. The first-order valence-electron chi connectivity index (χ1n) is 14.8. The fraction of sp³-hybridized carbons (Fsp3) is 0.118. The van der Waals surface area contributed by atoms with Crippen LogP contribution in [0, 0.1) is 22.7 Å². The first-order chi connectivity index (χ1) is 24.4. The predicted molar refractivity (Wildman–Crippen MR) is 183 cm³/mol. The van der Waals surface area contributed by atoms with Gasteiger partial charge in [-0.25, -0.2) is 19.9 Å². The van der Waals surface area contributed by atoms with Gasteiger partial charge in [-0.2, -0.15) is 20.7 Å². The summed E-state index contributed by atoms with van der Waals surface area (Å²) < 4.78 is 13.8. The molecule has 5 aromatic heterocycles. The molecule has 7 aromatic rings. The Morgan fingerprint density at radius 2 is 1.36 bits per heavy atom. The van der Waals surface area contributed by atoms with E-state index in [9.17, 15) is 0 Å². The zero-order valence-electron chi connectivity index (χ0n) is 27.0. The van der Waals surface area contributed by atoms with Gasteiger partial charge in [0.05, 0.1) is 45.1 Å². The number of nitriles is 2. The van der Waals surface area contributed by atoms with Crippen molar-refractivity contribution in [1.29, 1.82) is 10.5 Å². The van der Waals surface area contributed by atoms with Crippen LogP contribution in [0.2, 0.25) is 0 Å². The molecule has 0 atom stereocenters. The molecule has 0 unspecified atom stereocenters. The van der Waals surface area contributed by atoms with Gasteiger partial charge in [0.2, 0.25) is 0 Å². The summed E-state index contributed by atoms with van der Waals surface area (Å²) in [7, 11) is 3.27. The van der Waals surface area contributed by atoms with E-state index in [0.29, 0.717) is 52.7 Å². The fourth-order valence-electron chi connectivity index (χ4n) is 4.46. The second-order valence-electron chi connectivity index (χ2n) is 10.2. The lowest BCUT2D eigenvalue weighted by molar-refractivity contribution is 0.414. The Hall–Kier alpha value is -7.46. The van der Waals surface area contributed by atoms with Crippen molar-refractivity contribution in [2.45, 2.75) is 13.1 Å². The highest BCUT2D eigenvalue weighted by Crippen LogP contribution is 2.22. The fourth-order valence-corrected chi connectivity index (χ4v) is 4.46. The molecule has 248 valence electrons. The van der Waals surface area contributed by atoms with Crippen molar-refractivity contribution < 1.29 is 9.47 Å². The van der Waals surface area contributed by atoms with Gasteiger partial charge in [0.15, 0.2) is 23.0 Å². The van der Waals surface area contributed by atoms with Gasteiger partial charge in [0.25, 0.3) is 0 Å². The summed E-state index contributed by atoms with van der Waals surface area (Å²) in [5, 5.41) is 26.2. The second-order valence-corrected chi connectivity index (χ2v) is 10.2.